The Balaban J connectivity index is 0.000000291. The summed E-state index contributed by atoms with van der Waals surface area (Å²) in [6, 6.07) is 17.3. The van der Waals surface area contributed by atoms with E-state index in [1.54, 1.807) is 24.4 Å². The molecule has 66 heavy (non-hydrogen) atoms. The van der Waals surface area contributed by atoms with Gasteiger partial charge in [0.1, 0.15) is 11.6 Å². The molecule has 0 bridgehead atoms. The number of aryl methyl sites for hydroxylation is 1. The van der Waals surface area contributed by atoms with Crippen molar-refractivity contribution in [1.82, 2.24) is 35.4 Å². The van der Waals surface area contributed by atoms with Crippen LogP contribution >= 0.6 is 11.3 Å². The fraction of sp³-hybridized carbons (Fsp3) is 0.358. The minimum atomic E-state index is -0.179. The van der Waals surface area contributed by atoms with E-state index in [1.165, 1.54) is 40.8 Å². The second kappa shape index (κ2) is 28.9. The van der Waals surface area contributed by atoms with Gasteiger partial charge in [0.05, 0.1) is 24.7 Å². The number of halogens is 2. The van der Waals surface area contributed by atoms with E-state index < -0.39 is 0 Å². The van der Waals surface area contributed by atoms with E-state index in [2.05, 4.69) is 119 Å². The molecule has 0 radical (unpaired) electrons. The number of anilines is 3. The van der Waals surface area contributed by atoms with Gasteiger partial charge in [-0.25, -0.2) is 18.7 Å². The Kier molecular flexibility index (Phi) is 23.9. The number of nitrogen functional groups attached to an aromatic ring is 2. The van der Waals surface area contributed by atoms with E-state index in [0.29, 0.717) is 17.4 Å². The van der Waals surface area contributed by atoms with Crippen molar-refractivity contribution in [2.24, 2.45) is 0 Å². The molecule has 2 aromatic heterocycles. The molecule has 356 valence electrons. The number of fused-ring (bicyclic) bond motifs is 2. The Hall–Kier alpha value is -5.86. The first-order valence-corrected chi connectivity index (χ1v) is 23.5. The summed E-state index contributed by atoms with van der Waals surface area (Å²) in [5.74, 6) is -0.0703. The third kappa shape index (κ3) is 15.4. The van der Waals surface area contributed by atoms with Crippen LogP contribution in [0.1, 0.15) is 86.0 Å². The number of hydrogen-bond donors (Lipinski definition) is 5. The third-order valence-corrected chi connectivity index (χ3v) is 11.9. The molecule has 2 atom stereocenters. The molecule has 9 rings (SSSR count). The van der Waals surface area contributed by atoms with Crippen LogP contribution in [0.4, 0.5) is 25.3 Å². The van der Waals surface area contributed by atoms with E-state index in [-0.39, 0.29) is 23.6 Å². The first-order valence-electron chi connectivity index (χ1n) is 22.6. The summed E-state index contributed by atoms with van der Waals surface area (Å²) in [7, 11) is 3.75. The highest BCUT2D eigenvalue weighted by Gasteiger charge is 2.33. The van der Waals surface area contributed by atoms with Gasteiger partial charge in [0, 0.05) is 71.6 Å². The summed E-state index contributed by atoms with van der Waals surface area (Å²) in [5, 5.41) is 12.0. The van der Waals surface area contributed by atoms with Crippen molar-refractivity contribution >= 4 is 33.5 Å². The Morgan fingerprint density at radius 1 is 0.879 bits per heavy atom. The van der Waals surface area contributed by atoms with E-state index in [1.807, 2.05) is 38.8 Å². The lowest BCUT2D eigenvalue weighted by molar-refractivity contribution is 0.315. The lowest BCUT2D eigenvalue weighted by Gasteiger charge is -2.29. The Bertz CT molecular complexity index is 2230. The van der Waals surface area contributed by atoms with Crippen LogP contribution in [0.5, 0.6) is 0 Å². The standard InChI is InChI=1S/C27H30FN5.C14H19FN2.C3H4N2S.C3H6.C2H7N.2C2H4/c1-18-23-13-21(20-6-8-22(9-7-20)31-12-4-10-29-16-31)14-25(28)24(23)15-33(18)19(2)27-26-5-3-11-32(26)17-30-27;1-10-2-3-11(6-7-17-9-10)13-5-4-12(16)8-14(13)15;4-3-5-1-2-6-3;2*1-3-2;2*1-2/h6-9,13-14,17,19,29H,1,3-5,10-12,15-16H2,2H3;4-5,8,11,17H,1-3,6-7,9,16H2;1-2H,(H2,4,5);3H,1H2,2H3;3H,1-2H3;2*1-2H2. The number of nitrogens with two attached hydrogens (primary N) is 2. The Labute approximate surface area is 397 Å². The Morgan fingerprint density at radius 2 is 1.59 bits per heavy atom. The summed E-state index contributed by atoms with van der Waals surface area (Å²) in [4.78, 5) is 12.9. The van der Waals surface area contributed by atoms with Crippen LogP contribution in [0.15, 0.2) is 130 Å². The molecule has 4 aliphatic rings. The average molecular weight is 921 g/mol. The monoisotopic (exact) mass is 921 g/mol. The average Bonchev–Trinajstić information content (AvgIpc) is 4.15. The van der Waals surface area contributed by atoms with Crippen LogP contribution in [-0.4, -0.2) is 66.4 Å². The lowest BCUT2D eigenvalue weighted by Crippen LogP contribution is -2.41. The predicted molar refractivity (Wildman–Crippen MR) is 280 cm³/mol. The first kappa shape index (κ1) is 54.5. The molecule has 7 N–H and O–H groups in total. The smallest absolute Gasteiger partial charge is 0.179 e. The number of aromatic nitrogens is 3. The minimum absolute atomic E-state index is 0.0690. The van der Waals surface area contributed by atoms with Crippen LogP contribution in [0.2, 0.25) is 0 Å². The SMILES string of the molecule is C=C.C=C.C=C1CCC(c2ccc(N)cc2F)CCNC1.C=C1c2cc(-c3ccc(N4CCCNC4)cc3)cc(F)c2CN1C(C)c1ncn2c1CCC2.C=CC.CNC.Nc1nccs1. The zero-order valence-electron chi connectivity index (χ0n) is 39.9. The number of allylic oxidation sites excluding steroid dienone is 1. The first-order chi connectivity index (χ1) is 32.0. The van der Waals surface area contributed by atoms with Crippen LogP contribution in [0.3, 0.4) is 0 Å². The van der Waals surface area contributed by atoms with E-state index >= 15 is 4.39 Å². The van der Waals surface area contributed by atoms with Crippen LogP contribution < -0.4 is 32.3 Å². The van der Waals surface area contributed by atoms with Gasteiger partial charge in [-0.1, -0.05) is 43.0 Å². The van der Waals surface area contributed by atoms with Crippen molar-refractivity contribution in [2.75, 3.05) is 63.3 Å². The normalized spacial score (nSPS) is 16.3. The number of nitrogens with one attached hydrogen (secondary N) is 3. The number of imidazole rings is 1. The zero-order chi connectivity index (χ0) is 48.6. The van der Waals surface area contributed by atoms with Gasteiger partial charge in [-0.15, -0.1) is 44.2 Å². The second-order valence-corrected chi connectivity index (χ2v) is 16.9. The molecule has 5 aromatic rings. The second-order valence-electron chi connectivity index (χ2n) is 15.9. The predicted octanol–water partition coefficient (Wildman–Crippen LogP) is 11.1. The summed E-state index contributed by atoms with van der Waals surface area (Å²) in [5.41, 5.74) is 21.3. The molecule has 0 saturated carbocycles. The maximum Gasteiger partial charge on any atom is 0.179 e. The van der Waals surface area contributed by atoms with Gasteiger partial charge < -0.3 is 36.5 Å². The molecule has 0 amide bonds. The number of rotatable bonds is 5. The van der Waals surface area contributed by atoms with Gasteiger partial charge in [-0.3, -0.25) is 5.32 Å². The molecule has 13 heteroatoms. The highest BCUT2D eigenvalue weighted by Crippen LogP contribution is 2.42. The Morgan fingerprint density at radius 3 is 2.20 bits per heavy atom. The van der Waals surface area contributed by atoms with Gasteiger partial charge in [0.15, 0.2) is 5.13 Å². The highest BCUT2D eigenvalue weighted by atomic mass is 32.1. The molecule has 0 spiro atoms. The molecule has 10 nitrogen and oxygen atoms in total. The van der Waals surface area contributed by atoms with Crippen molar-refractivity contribution in [1.29, 1.82) is 0 Å². The molecule has 3 aromatic carbocycles. The van der Waals surface area contributed by atoms with Gasteiger partial charge in [0.2, 0.25) is 0 Å². The van der Waals surface area contributed by atoms with Crippen molar-refractivity contribution < 1.29 is 8.78 Å². The lowest BCUT2D eigenvalue weighted by atomic mass is 9.88. The van der Waals surface area contributed by atoms with Gasteiger partial charge in [-0.2, -0.15) is 0 Å². The highest BCUT2D eigenvalue weighted by molar-refractivity contribution is 7.13. The minimum Gasteiger partial charge on any atom is -0.399 e. The van der Waals surface area contributed by atoms with E-state index in [0.717, 1.165) is 111 Å². The molecule has 2 unspecified atom stereocenters. The number of thiazole rings is 1. The zero-order valence-corrected chi connectivity index (χ0v) is 40.7. The van der Waals surface area contributed by atoms with Gasteiger partial charge in [-0.05, 0) is 139 Å². The number of benzene rings is 3. The molecule has 4 aliphatic heterocycles. The molecule has 0 aliphatic carbocycles. The largest absolute Gasteiger partial charge is 0.399 e. The summed E-state index contributed by atoms with van der Waals surface area (Å²) < 4.78 is 31.4. The quantitative estimate of drug-likeness (QED) is 0.0865. The number of nitrogens with zero attached hydrogens (tertiary/aromatic N) is 5. The maximum atomic E-state index is 15.3. The van der Waals surface area contributed by atoms with Crippen LogP contribution in [-0.2, 0) is 19.5 Å². The van der Waals surface area contributed by atoms with Crippen molar-refractivity contribution in [3.8, 4) is 11.1 Å². The van der Waals surface area contributed by atoms with Crippen LogP contribution in [0, 0.1) is 11.6 Å². The fourth-order valence-electron chi connectivity index (χ4n) is 8.16. The summed E-state index contributed by atoms with van der Waals surface area (Å²) in [6.45, 7) is 34.2. The molecule has 2 saturated heterocycles. The third-order valence-electron chi connectivity index (χ3n) is 11.3. The van der Waals surface area contributed by atoms with Gasteiger partial charge >= 0.3 is 0 Å². The van der Waals surface area contributed by atoms with Crippen LogP contribution in [0.25, 0.3) is 16.8 Å². The van der Waals surface area contributed by atoms with E-state index in [9.17, 15) is 4.39 Å². The maximum absolute atomic E-state index is 15.3. The van der Waals surface area contributed by atoms with Crippen molar-refractivity contribution in [2.45, 2.75) is 77.4 Å². The van der Waals surface area contributed by atoms with Gasteiger partial charge in [0.25, 0.3) is 0 Å². The molecule has 2 fully saturated rings. The molecule has 6 heterocycles. The van der Waals surface area contributed by atoms with Crippen molar-refractivity contribution in [3.05, 3.63) is 170 Å². The molecular weight excluding hydrogens is 847 g/mol. The molecular formula is C53H74F2N10S. The van der Waals surface area contributed by atoms with E-state index in [4.69, 9.17) is 16.5 Å². The number of hydrogen-bond acceptors (Lipinski definition) is 10. The summed E-state index contributed by atoms with van der Waals surface area (Å²) in [6.07, 6.45) is 11.7. The van der Waals surface area contributed by atoms with Crippen molar-refractivity contribution in [3.63, 3.8) is 0 Å². The fourth-order valence-corrected chi connectivity index (χ4v) is 8.54. The topological polar surface area (TPSA) is 125 Å². The summed E-state index contributed by atoms with van der Waals surface area (Å²) >= 11 is 1.44.